The molecular formula is C12H22O11. The highest BCUT2D eigenvalue weighted by molar-refractivity contribution is 5.85. The van der Waals surface area contributed by atoms with Gasteiger partial charge in [0.1, 0.15) is 49.3 Å². The standard InChI is InChI=1S/C12H22O11/c13-1-4(16)10(21)12(22,6(17)3-15)11-9(20)8(19)7(18)5(2-14)23-11/h5-11,13-15,17-22H,1-3H2/t5-,6-,7-,8+,9-,10-,11+,12-/m1/s1. The first-order valence-electron chi connectivity index (χ1n) is 6.80. The SMILES string of the molecule is O=C(CO)[C@@H](O)[C@](O)([C@H](O)CO)[C@H]1O[C@H](CO)[C@@H](O)[C@H](O)[C@H]1O. The van der Waals surface area contributed by atoms with Crippen LogP contribution in [0.1, 0.15) is 0 Å². The van der Waals surface area contributed by atoms with Crippen LogP contribution in [0, 0.1) is 0 Å². The lowest BCUT2D eigenvalue weighted by molar-refractivity contribution is -0.301. The van der Waals surface area contributed by atoms with E-state index in [1.165, 1.54) is 0 Å². The zero-order valence-electron chi connectivity index (χ0n) is 12.0. The number of rotatable bonds is 7. The van der Waals surface area contributed by atoms with Crippen molar-refractivity contribution in [2.75, 3.05) is 19.8 Å². The predicted octanol–water partition coefficient (Wildman–Crippen LogP) is -6.16. The summed E-state index contributed by atoms with van der Waals surface area (Å²) in [7, 11) is 0. The molecule has 1 fully saturated rings. The smallest absolute Gasteiger partial charge is 0.189 e. The number of Topliss-reactive ketones (excluding diaryl/α,β-unsaturated/α-hetero) is 1. The lowest BCUT2D eigenvalue weighted by atomic mass is 9.77. The number of carbonyl (C=O) groups is 1. The first-order chi connectivity index (χ1) is 10.7. The quantitative estimate of drug-likeness (QED) is 0.212. The van der Waals surface area contributed by atoms with E-state index in [9.17, 15) is 35.4 Å². The molecule has 1 saturated heterocycles. The van der Waals surface area contributed by atoms with Crippen molar-refractivity contribution in [3.05, 3.63) is 0 Å². The van der Waals surface area contributed by atoms with Gasteiger partial charge in [-0.2, -0.15) is 0 Å². The molecule has 11 heteroatoms. The van der Waals surface area contributed by atoms with Gasteiger partial charge in [0.05, 0.1) is 13.2 Å². The molecule has 0 aromatic heterocycles. The first kappa shape index (κ1) is 20.3. The fourth-order valence-corrected chi connectivity index (χ4v) is 2.50. The Hall–Kier alpha value is -0.730. The van der Waals surface area contributed by atoms with E-state index >= 15 is 0 Å². The second-order valence-corrected chi connectivity index (χ2v) is 5.36. The Morgan fingerprint density at radius 3 is 2.04 bits per heavy atom. The van der Waals surface area contributed by atoms with Crippen LogP contribution in [0.3, 0.4) is 0 Å². The number of hydrogen-bond acceptors (Lipinski definition) is 11. The fourth-order valence-electron chi connectivity index (χ4n) is 2.50. The molecule has 0 bridgehead atoms. The molecule has 0 aliphatic carbocycles. The number of hydrogen-bond donors (Lipinski definition) is 9. The van der Waals surface area contributed by atoms with Gasteiger partial charge < -0.3 is 50.7 Å². The van der Waals surface area contributed by atoms with Crippen LogP contribution in [0.5, 0.6) is 0 Å². The molecule has 0 saturated carbocycles. The number of aliphatic hydroxyl groups is 9. The van der Waals surface area contributed by atoms with Crippen LogP contribution >= 0.6 is 0 Å². The summed E-state index contributed by atoms with van der Waals surface area (Å²) in [5.74, 6) is -1.35. The Morgan fingerprint density at radius 2 is 1.61 bits per heavy atom. The Labute approximate surface area is 130 Å². The molecule has 136 valence electrons. The molecule has 0 radical (unpaired) electrons. The summed E-state index contributed by atoms with van der Waals surface area (Å²) < 4.78 is 5.01. The van der Waals surface area contributed by atoms with Crippen molar-refractivity contribution in [2.24, 2.45) is 0 Å². The van der Waals surface area contributed by atoms with E-state index in [4.69, 9.17) is 20.1 Å². The molecule has 11 nitrogen and oxygen atoms in total. The van der Waals surface area contributed by atoms with Gasteiger partial charge in [-0.3, -0.25) is 4.79 Å². The van der Waals surface area contributed by atoms with Crippen LogP contribution in [0.2, 0.25) is 0 Å². The van der Waals surface area contributed by atoms with E-state index in [2.05, 4.69) is 0 Å². The lowest BCUT2D eigenvalue weighted by Gasteiger charge is -2.49. The molecule has 8 atom stereocenters. The van der Waals surface area contributed by atoms with Gasteiger partial charge in [0.2, 0.25) is 0 Å². The summed E-state index contributed by atoms with van der Waals surface area (Å²) in [5, 5.41) is 86.4. The molecule has 0 unspecified atom stereocenters. The van der Waals surface area contributed by atoms with E-state index in [-0.39, 0.29) is 0 Å². The zero-order valence-corrected chi connectivity index (χ0v) is 12.0. The van der Waals surface area contributed by atoms with Crippen molar-refractivity contribution in [1.82, 2.24) is 0 Å². The molecule has 1 rings (SSSR count). The van der Waals surface area contributed by atoms with Gasteiger partial charge in [-0.15, -0.1) is 0 Å². The average Bonchev–Trinajstić information content (AvgIpc) is 2.56. The van der Waals surface area contributed by atoms with Crippen molar-refractivity contribution in [3.63, 3.8) is 0 Å². The van der Waals surface area contributed by atoms with Crippen LogP contribution in [0.25, 0.3) is 0 Å². The second-order valence-electron chi connectivity index (χ2n) is 5.36. The van der Waals surface area contributed by atoms with Crippen molar-refractivity contribution in [3.8, 4) is 0 Å². The Morgan fingerprint density at radius 1 is 1.04 bits per heavy atom. The van der Waals surface area contributed by atoms with Gasteiger partial charge in [0, 0.05) is 0 Å². The zero-order chi connectivity index (χ0) is 17.9. The highest BCUT2D eigenvalue weighted by Crippen LogP contribution is 2.33. The third-order valence-electron chi connectivity index (χ3n) is 3.95. The third kappa shape index (κ3) is 3.53. The molecule has 1 heterocycles. The summed E-state index contributed by atoms with van der Waals surface area (Å²) in [6.07, 6.45) is -14.0. The van der Waals surface area contributed by atoms with Crippen molar-refractivity contribution in [1.29, 1.82) is 0 Å². The van der Waals surface area contributed by atoms with Crippen molar-refractivity contribution in [2.45, 2.75) is 48.3 Å². The molecule has 9 N–H and O–H groups in total. The Balaban J connectivity index is 3.27. The maximum absolute atomic E-state index is 11.5. The topological polar surface area (TPSA) is 208 Å². The molecule has 0 aromatic rings. The van der Waals surface area contributed by atoms with Crippen LogP contribution in [0.4, 0.5) is 0 Å². The minimum Gasteiger partial charge on any atom is -0.394 e. The number of carbonyl (C=O) groups excluding carboxylic acids is 1. The first-order valence-corrected chi connectivity index (χ1v) is 6.80. The number of ketones is 1. The van der Waals surface area contributed by atoms with Gasteiger partial charge >= 0.3 is 0 Å². The normalized spacial score (nSPS) is 37.0. The molecular weight excluding hydrogens is 320 g/mol. The van der Waals surface area contributed by atoms with Crippen LogP contribution in [-0.4, -0.2) is 120 Å². The Kier molecular flexibility index (Phi) is 6.97. The van der Waals surface area contributed by atoms with Gasteiger partial charge in [0.15, 0.2) is 11.4 Å². The summed E-state index contributed by atoms with van der Waals surface area (Å²) >= 11 is 0. The monoisotopic (exact) mass is 342 g/mol. The Bertz CT molecular complexity index is 402. The summed E-state index contributed by atoms with van der Waals surface area (Å²) in [6, 6.07) is 0. The van der Waals surface area contributed by atoms with E-state index in [0.29, 0.717) is 0 Å². The number of aliphatic hydroxyl groups excluding tert-OH is 8. The second kappa shape index (κ2) is 7.90. The highest BCUT2D eigenvalue weighted by atomic mass is 16.6. The average molecular weight is 342 g/mol. The van der Waals surface area contributed by atoms with Crippen LogP contribution in [-0.2, 0) is 9.53 Å². The molecule has 0 spiro atoms. The third-order valence-corrected chi connectivity index (χ3v) is 3.95. The largest absolute Gasteiger partial charge is 0.394 e. The summed E-state index contributed by atoms with van der Waals surface area (Å²) in [4.78, 5) is 11.5. The van der Waals surface area contributed by atoms with Gasteiger partial charge in [-0.1, -0.05) is 0 Å². The fraction of sp³-hybridized carbons (Fsp3) is 0.917. The van der Waals surface area contributed by atoms with Gasteiger partial charge in [0.25, 0.3) is 0 Å². The minimum atomic E-state index is -3.03. The maximum atomic E-state index is 11.5. The van der Waals surface area contributed by atoms with E-state index in [1.54, 1.807) is 0 Å². The molecule has 1 aliphatic rings. The van der Waals surface area contributed by atoms with Crippen LogP contribution in [0.15, 0.2) is 0 Å². The van der Waals surface area contributed by atoms with Gasteiger partial charge in [-0.25, -0.2) is 0 Å². The van der Waals surface area contributed by atoms with E-state index < -0.39 is 73.9 Å². The molecule has 0 aromatic carbocycles. The summed E-state index contributed by atoms with van der Waals surface area (Å²) in [6.45, 7) is -3.24. The highest BCUT2D eigenvalue weighted by Gasteiger charge is 2.59. The van der Waals surface area contributed by atoms with Crippen molar-refractivity contribution >= 4 is 5.78 Å². The van der Waals surface area contributed by atoms with Crippen LogP contribution < -0.4 is 0 Å². The summed E-state index contributed by atoms with van der Waals surface area (Å²) in [5.41, 5.74) is -3.03. The maximum Gasteiger partial charge on any atom is 0.189 e. The van der Waals surface area contributed by atoms with Gasteiger partial charge in [-0.05, 0) is 0 Å². The molecule has 1 aliphatic heterocycles. The lowest BCUT2D eigenvalue weighted by Crippen LogP contribution is -2.73. The molecule has 0 amide bonds. The minimum absolute atomic E-state index is 0.850. The van der Waals surface area contributed by atoms with E-state index in [1.807, 2.05) is 0 Å². The predicted molar refractivity (Wildman–Crippen MR) is 69.9 cm³/mol. The molecule has 23 heavy (non-hydrogen) atoms. The van der Waals surface area contributed by atoms with Crippen molar-refractivity contribution < 1.29 is 55.5 Å². The number of ether oxygens (including phenoxy) is 1. The van der Waals surface area contributed by atoms with E-state index in [0.717, 1.165) is 0 Å².